The lowest BCUT2D eigenvalue weighted by Gasteiger charge is -2.08. The molecule has 25 heavy (non-hydrogen) atoms. The van der Waals surface area contributed by atoms with Gasteiger partial charge in [0.1, 0.15) is 11.3 Å². The molecule has 0 radical (unpaired) electrons. The minimum Gasteiger partial charge on any atom is -0.319 e. The van der Waals surface area contributed by atoms with Crippen molar-refractivity contribution in [1.82, 2.24) is 19.6 Å². The van der Waals surface area contributed by atoms with Gasteiger partial charge >= 0.3 is 0 Å². The van der Waals surface area contributed by atoms with Gasteiger partial charge in [-0.15, -0.1) is 0 Å². The highest BCUT2D eigenvalue weighted by molar-refractivity contribution is 6.33. The molecule has 1 N–H and O–H groups in total. The Morgan fingerprint density at radius 3 is 2.68 bits per heavy atom. The first-order valence-electron chi connectivity index (χ1n) is 7.52. The molecule has 1 aromatic carbocycles. The largest absolute Gasteiger partial charge is 0.319 e. The SMILES string of the molecule is O=C(Nc1ccccc1Cl)c1cnc2ccc(-c3ccnnc3)cn12. The molecule has 0 aliphatic carbocycles. The van der Waals surface area contributed by atoms with Crippen LogP contribution in [-0.4, -0.2) is 25.5 Å². The van der Waals surface area contributed by atoms with E-state index in [1.54, 1.807) is 35.0 Å². The van der Waals surface area contributed by atoms with Gasteiger partial charge in [0.05, 0.1) is 29.3 Å². The highest BCUT2D eigenvalue weighted by Gasteiger charge is 2.14. The second-order valence-corrected chi connectivity index (χ2v) is 5.76. The van der Waals surface area contributed by atoms with E-state index in [2.05, 4.69) is 20.5 Å². The van der Waals surface area contributed by atoms with Crippen molar-refractivity contribution < 1.29 is 4.79 Å². The number of carbonyl (C=O) groups excluding carboxylic acids is 1. The first kappa shape index (κ1) is 15.3. The number of benzene rings is 1. The van der Waals surface area contributed by atoms with Gasteiger partial charge < -0.3 is 5.32 Å². The second-order valence-electron chi connectivity index (χ2n) is 5.35. The molecule has 1 amide bonds. The number of fused-ring (bicyclic) bond motifs is 1. The number of hydrogen-bond acceptors (Lipinski definition) is 4. The number of nitrogens with one attached hydrogen (secondary N) is 1. The van der Waals surface area contributed by atoms with E-state index in [0.717, 1.165) is 11.1 Å². The van der Waals surface area contributed by atoms with Crippen molar-refractivity contribution in [3.8, 4) is 11.1 Å². The van der Waals surface area contributed by atoms with Gasteiger partial charge in [0, 0.05) is 17.3 Å². The van der Waals surface area contributed by atoms with Crippen LogP contribution < -0.4 is 5.32 Å². The van der Waals surface area contributed by atoms with Crippen LogP contribution in [0.4, 0.5) is 5.69 Å². The van der Waals surface area contributed by atoms with Crippen LogP contribution in [0.5, 0.6) is 0 Å². The molecule has 0 fully saturated rings. The van der Waals surface area contributed by atoms with Gasteiger partial charge in [-0.3, -0.25) is 9.20 Å². The number of aromatic nitrogens is 4. The maximum Gasteiger partial charge on any atom is 0.274 e. The average molecular weight is 350 g/mol. The smallest absolute Gasteiger partial charge is 0.274 e. The van der Waals surface area contributed by atoms with Crippen molar-refractivity contribution in [3.05, 3.63) is 78.0 Å². The fraction of sp³-hybridized carbons (Fsp3) is 0. The second kappa shape index (κ2) is 6.33. The topological polar surface area (TPSA) is 72.2 Å². The number of imidazole rings is 1. The summed E-state index contributed by atoms with van der Waals surface area (Å²) >= 11 is 6.10. The molecule has 0 atom stereocenters. The van der Waals surface area contributed by atoms with E-state index in [1.165, 1.54) is 6.20 Å². The Hall–Kier alpha value is -3.25. The average Bonchev–Trinajstić information content (AvgIpc) is 3.07. The lowest BCUT2D eigenvalue weighted by Crippen LogP contribution is -2.14. The number of halogens is 1. The monoisotopic (exact) mass is 349 g/mol. The highest BCUT2D eigenvalue weighted by atomic mass is 35.5. The summed E-state index contributed by atoms with van der Waals surface area (Å²) in [7, 11) is 0. The van der Waals surface area contributed by atoms with E-state index in [-0.39, 0.29) is 5.91 Å². The molecule has 3 heterocycles. The van der Waals surface area contributed by atoms with E-state index in [0.29, 0.717) is 22.1 Å². The Morgan fingerprint density at radius 2 is 1.88 bits per heavy atom. The van der Waals surface area contributed by atoms with E-state index >= 15 is 0 Å². The maximum atomic E-state index is 12.6. The molecule has 0 aliphatic heterocycles. The van der Waals surface area contributed by atoms with Gasteiger partial charge in [-0.25, -0.2) is 4.98 Å². The lowest BCUT2D eigenvalue weighted by molar-refractivity contribution is 0.102. The standard InChI is InChI=1S/C18H12ClN5O/c19-14-3-1-2-4-15(14)23-18(25)16-10-20-17-6-5-13(11-24(16)17)12-7-8-21-22-9-12/h1-11H,(H,23,25). The van der Waals surface area contributed by atoms with Gasteiger partial charge in [0.15, 0.2) is 0 Å². The van der Waals surface area contributed by atoms with Crippen LogP contribution in [0, 0.1) is 0 Å². The van der Waals surface area contributed by atoms with Crippen LogP contribution in [0.25, 0.3) is 16.8 Å². The third-order valence-electron chi connectivity index (χ3n) is 3.78. The number of para-hydroxylation sites is 1. The molecule has 0 saturated carbocycles. The fourth-order valence-corrected chi connectivity index (χ4v) is 2.71. The predicted octanol–water partition coefficient (Wildman–Crippen LogP) is 3.70. The van der Waals surface area contributed by atoms with E-state index < -0.39 is 0 Å². The Balaban J connectivity index is 1.72. The van der Waals surface area contributed by atoms with Crippen LogP contribution >= 0.6 is 11.6 Å². The molecule has 0 aliphatic rings. The summed E-state index contributed by atoms with van der Waals surface area (Å²) in [6.07, 6.45) is 6.68. The quantitative estimate of drug-likeness (QED) is 0.612. The number of nitrogens with zero attached hydrogens (tertiary/aromatic N) is 4. The van der Waals surface area contributed by atoms with Gasteiger partial charge in [0.2, 0.25) is 0 Å². The molecule has 0 unspecified atom stereocenters. The molecule has 122 valence electrons. The molecule has 6 nitrogen and oxygen atoms in total. The highest BCUT2D eigenvalue weighted by Crippen LogP contribution is 2.23. The fourth-order valence-electron chi connectivity index (χ4n) is 2.53. The van der Waals surface area contributed by atoms with Crippen molar-refractivity contribution in [3.63, 3.8) is 0 Å². The third-order valence-corrected chi connectivity index (χ3v) is 4.11. The van der Waals surface area contributed by atoms with Crippen LogP contribution in [0.3, 0.4) is 0 Å². The molecule has 0 saturated heterocycles. The molecule has 7 heteroatoms. The molecule has 3 aromatic heterocycles. The zero-order valence-electron chi connectivity index (χ0n) is 12.9. The Morgan fingerprint density at radius 1 is 1.00 bits per heavy atom. The van der Waals surface area contributed by atoms with E-state index in [1.807, 2.05) is 30.5 Å². The number of anilines is 1. The predicted molar refractivity (Wildman–Crippen MR) is 95.6 cm³/mol. The molecule has 4 rings (SSSR count). The van der Waals surface area contributed by atoms with Crippen LogP contribution in [0.15, 0.2) is 67.3 Å². The van der Waals surface area contributed by atoms with Crippen LogP contribution in [0.2, 0.25) is 5.02 Å². The number of pyridine rings is 1. The summed E-state index contributed by atoms with van der Waals surface area (Å²) in [5.74, 6) is -0.286. The summed E-state index contributed by atoms with van der Waals surface area (Å²) < 4.78 is 1.74. The molecule has 0 spiro atoms. The zero-order chi connectivity index (χ0) is 17.2. The summed E-state index contributed by atoms with van der Waals surface area (Å²) in [4.78, 5) is 16.9. The Kier molecular flexibility index (Phi) is 3.87. The normalized spacial score (nSPS) is 10.8. The van der Waals surface area contributed by atoms with Crippen molar-refractivity contribution in [1.29, 1.82) is 0 Å². The first-order valence-corrected chi connectivity index (χ1v) is 7.90. The van der Waals surface area contributed by atoms with E-state index in [9.17, 15) is 4.79 Å². The molecular formula is C18H12ClN5O. The Bertz CT molecular complexity index is 1060. The van der Waals surface area contributed by atoms with Crippen molar-refractivity contribution in [2.24, 2.45) is 0 Å². The van der Waals surface area contributed by atoms with Crippen molar-refractivity contribution in [2.75, 3.05) is 5.32 Å². The number of amides is 1. The van der Waals surface area contributed by atoms with E-state index in [4.69, 9.17) is 11.6 Å². The minimum atomic E-state index is -0.286. The zero-order valence-corrected chi connectivity index (χ0v) is 13.7. The molecular weight excluding hydrogens is 338 g/mol. The Labute approximate surface area is 148 Å². The van der Waals surface area contributed by atoms with Crippen molar-refractivity contribution in [2.45, 2.75) is 0 Å². The van der Waals surface area contributed by atoms with Gasteiger partial charge in [-0.05, 0) is 30.3 Å². The van der Waals surface area contributed by atoms with Gasteiger partial charge in [-0.1, -0.05) is 23.7 Å². The molecule has 0 bridgehead atoms. The summed E-state index contributed by atoms with van der Waals surface area (Å²) in [6.45, 7) is 0. The maximum absolute atomic E-state index is 12.6. The minimum absolute atomic E-state index is 0.286. The number of hydrogen-bond donors (Lipinski definition) is 1. The number of rotatable bonds is 3. The van der Waals surface area contributed by atoms with Gasteiger partial charge in [-0.2, -0.15) is 10.2 Å². The van der Waals surface area contributed by atoms with Gasteiger partial charge in [0.25, 0.3) is 5.91 Å². The molecule has 4 aromatic rings. The lowest BCUT2D eigenvalue weighted by atomic mass is 10.1. The number of carbonyl (C=O) groups is 1. The summed E-state index contributed by atoms with van der Waals surface area (Å²) in [5, 5.41) is 11.0. The first-order chi connectivity index (χ1) is 12.2. The summed E-state index contributed by atoms with van der Waals surface area (Å²) in [5.41, 5.74) is 3.46. The third kappa shape index (κ3) is 2.95. The van der Waals surface area contributed by atoms with Crippen LogP contribution in [-0.2, 0) is 0 Å². The van der Waals surface area contributed by atoms with Crippen molar-refractivity contribution >= 4 is 28.8 Å². The summed E-state index contributed by atoms with van der Waals surface area (Å²) in [6, 6.07) is 12.7. The van der Waals surface area contributed by atoms with Crippen LogP contribution in [0.1, 0.15) is 10.5 Å².